The molecule has 1 fully saturated rings. The highest BCUT2D eigenvalue weighted by molar-refractivity contribution is 7.22. The van der Waals surface area contributed by atoms with Crippen LogP contribution >= 0.6 is 11.3 Å². The fourth-order valence-electron chi connectivity index (χ4n) is 3.15. The van der Waals surface area contributed by atoms with E-state index in [1.54, 1.807) is 11.8 Å². The Balaban J connectivity index is 1.83. The number of aromatic nitrogens is 1. The van der Waals surface area contributed by atoms with Crippen molar-refractivity contribution in [3.8, 4) is 17.6 Å². The lowest BCUT2D eigenvalue weighted by Crippen LogP contribution is -2.56. The maximum atomic E-state index is 12.4. The molecule has 5 nitrogen and oxygen atoms in total. The van der Waals surface area contributed by atoms with Crippen LogP contribution in [0.1, 0.15) is 19.4 Å². The first-order chi connectivity index (χ1) is 11.2. The van der Waals surface area contributed by atoms with Gasteiger partial charge >= 0.3 is 6.03 Å². The second-order valence-corrected chi connectivity index (χ2v) is 6.87. The summed E-state index contributed by atoms with van der Waals surface area (Å²) in [5.74, 6) is 7.28. The number of hydrogen-bond acceptors (Lipinski definition) is 4. The highest BCUT2D eigenvalue weighted by Crippen LogP contribution is 2.38. The Morgan fingerprint density at radius 2 is 2.35 bits per heavy atom. The van der Waals surface area contributed by atoms with E-state index in [2.05, 4.69) is 24.1 Å². The predicted molar refractivity (Wildman–Crippen MR) is 91.1 cm³/mol. The summed E-state index contributed by atoms with van der Waals surface area (Å²) in [4.78, 5) is 18.9. The predicted octanol–water partition coefficient (Wildman–Crippen LogP) is 2.79. The number of rotatable bonds is 1. The van der Waals surface area contributed by atoms with E-state index in [-0.39, 0.29) is 18.0 Å². The van der Waals surface area contributed by atoms with Crippen LogP contribution in [0.15, 0.2) is 12.1 Å². The van der Waals surface area contributed by atoms with Gasteiger partial charge in [-0.2, -0.15) is 0 Å². The number of thiazole rings is 1. The Morgan fingerprint density at radius 3 is 3.17 bits per heavy atom. The quantitative estimate of drug-likeness (QED) is 0.820. The third-order valence-corrected chi connectivity index (χ3v) is 5.35. The largest absolute Gasteiger partial charge is 0.493 e. The lowest BCUT2D eigenvalue weighted by Gasteiger charge is -2.35. The van der Waals surface area contributed by atoms with Crippen LogP contribution in [0.25, 0.3) is 10.2 Å². The van der Waals surface area contributed by atoms with Crippen LogP contribution in [0.5, 0.6) is 5.75 Å². The molecule has 0 bridgehead atoms. The van der Waals surface area contributed by atoms with E-state index in [9.17, 15) is 4.79 Å². The minimum Gasteiger partial charge on any atom is -0.493 e. The zero-order chi connectivity index (χ0) is 16.0. The lowest BCUT2D eigenvalue weighted by molar-refractivity contribution is 0.234. The zero-order valence-electron chi connectivity index (χ0n) is 13.0. The van der Waals surface area contributed by atoms with Gasteiger partial charge in [0.25, 0.3) is 0 Å². The standard InChI is InChI=1S/C17H17N3O2S/c1-3-4-12-10(2)9-18-16(21)20(12)17-19-15-11-7-8-22-13(11)5-6-14(15)23-17/h5-6,10,12H,7-9H2,1-2H3,(H,18,21)/t10-,12+/m0/s1. The van der Waals surface area contributed by atoms with E-state index in [4.69, 9.17) is 9.72 Å². The highest BCUT2D eigenvalue weighted by Gasteiger charge is 2.35. The number of nitrogens with one attached hydrogen (secondary N) is 1. The van der Waals surface area contributed by atoms with Crippen LogP contribution in [0.2, 0.25) is 0 Å². The molecule has 6 heteroatoms. The SMILES string of the molecule is CC#C[C@@H]1[C@@H](C)CNC(=O)N1c1nc2c3c(ccc2s1)OCC3. The molecular formula is C17H17N3O2S. The number of carbonyl (C=O) groups excluding carboxylic acids is 1. The molecular weight excluding hydrogens is 310 g/mol. The summed E-state index contributed by atoms with van der Waals surface area (Å²) in [6.07, 6.45) is 0.872. The molecule has 23 heavy (non-hydrogen) atoms. The molecule has 2 aliphatic heterocycles. The summed E-state index contributed by atoms with van der Waals surface area (Å²) < 4.78 is 6.69. The van der Waals surface area contributed by atoms with Gasteiger partial charge in [-0.1, -0.05) is 24.2 Å². The Labute approximate surface area is 138 Å². The molecule has 0 radical (unpaired) electrons. The van der Waals surface area contributed by atoms with Gasteiger partial charge in [0.15, 0.2) is 5.13 Å². The molecule has 0 saturated carbocycles. The molecule has 0 aliphatic carbocycles. The number of carbonyl (C=O) groups is 1. The van der Waals surface area contributed by atoms with Gasteiger partial charge in [0.2, 0.25) is 0 Å². The van der Waals surface area contributed by atoms with Crippen molar-refractivity contribution in [2.75, 3.05) is 18.1 Å². The Kier molecular flexibility index (Phi) is 3.38. The van der Waals surface area contributed by atoms with Crippen molar-refractivity contribution in [1.82, 2.24) is 10.3 Å². The minimum absolute atomic E-state index is 0.122. The third kappa shape index (κ3) is 2.23. The van der Waals surface area contributed by atoms with E-state index in [0.29, 0.717) is 18.3 Å². The first-order valence-corrected chi connectivity index (χ1v) is 8.55. The number of ether oxygens (including phenoxy) is 1. The fraction of sp³-hybridized carbons (Fsp3) is 0.412. The molecule has 3 heterocycles. The van der Waals surface area contributed by atoms with Crippen LogP contribution in [0.4, 0.5) is 9.93 Å². The van der Waals surface area contributed by atoms with Gasteiger partial charge in [-0.3, -0.25) is 4.90 Å². The first-order valence-electron chi connectivity index (χ1n) is 7.73. The van der Waals surface area contributed by atoms with Gasteiger partial charge < -0.3 is 10.1 Å². The van der Waals surface area contributed by atoms with Crippen molar-refractivity contribution < 1.29 is 9.53 Å². The van der Waals surface area contributed by atoms with E-state index >= 15 is 0 Å². The summed E-state index contributed by atoms with van der Waals surface area (Å²) >= 11 is 1.54. The molecule has 0 spiro atoms. The molecule has 1 aromatic carbocycles. The number of amides is 2. The Morgan fingerprint density at radius 1 is 1.48 bits per heavy atom. The third-order valence-electron chi connectivity index (χ3n) is 4.33. The van der Waals surface area contributed by atoms with E-state index in [1.165, 1.54) is 11.3 Å². The second kappa shape index (κ2) is 5.43. The first kappa shape index (κ1) is 14.3. The van der Waals surface area contributed by atoms with Crippen molar-refractivity contribution in [2.24, 2.45) is 5.92 Å². The summed E-state index contributed by atoms with van der Waals surface area (Å²) in [5.41, 5.74) is 2.10. The van der Waals surface area contributed by atoms with Crippen LogP contribution in [-0.2, 0) is 6.42 Å². The fourth-order valence-corrected chi connectivity index (χ4v) is 4.18. The zero-order valence-corrected chi connectivity index (χ0v) is 13.9. The molecule has 0 unspecified atom stereocenters. The van der Waals surface area contributed by atoms with Crippen molar-refractivity contribution in [3.63, 3.8) is 0 Å². The van der Waals surface area contributed by atoms with Gasteiger partial charge in [-0.25, -0.2) is 9.78 Å². The van der Waals surface area contributed by atoms with Crippen LogP contribution in [-0.4, -0.2) is 30.2 Å². The monoisotopic (exact) mass is 327 g/mol. The molecule has 1 aromatic heterocycles. The summed E-state index contributed by atoms with van der Waals surface area (Å²) in [7, 11) is 0. The number of nitrogens with zero attached hydrogens (tertiary/aromatic N) is 2. The molecule has 1 saturated heterocycles. The number of benzene rings is 1. The number of anilines is 1. The highest BCUT2D eigenvalue weighted by atomic mass is 32.1. The van der Waals surface area contributed by atoms with Gasteiger partial charge in [0.1, 0.15) is 11.8 Å². The molecule has 4 rings (SSSR count). The molecule has 118 valence electrons. The Hall–Kier alpha value is -2.26. The van der Waals surface area contributed by atoms with Crippen molar-refractivity contribution in [3.05, 3.63) is 17.7 Å². The van der Waals surface area contributed by atoms with Crippen LogP contribution in [0, 0.1) is 17.8 Å². The van der Waals surface area contributed by atoms with Crippen molar-refractivity contribution >= 4 is 32.7 Å². The van der Waals surface area contributed by atoms with Gasteiger partial charge in [0, 0.05) is 24.4 Å². The van der Waals surface area contributed by atoms with Gasteiger partial charge in [-0.15, -0.1) is 5.92 Å². The summed E-state index contributed by atoms with van der Waals surface area (Å²) in [5, 5.41) is 3.63. The molecule has 2 aliphatic rings. The molecule has 2 amide bonds. The van der Waals surface area contributed by atoms with E-state index in [0.717, 1.165) is 28.0 Å². The number of hydrogen-bond donors (Lipinski definition) is 1. The van der Waals surface area contributed by atoms with Gasteiger partial charge in [0.05, 0.1) is 16.8 Å². The average Bonchev–Trinajstić information content (AvgIpc) is 3.16. The maximum absolute atomic E-state index is 12.4. The van der Waals surface area contributed by atoms with E-state index in [1.807, 2.05) is 12.1 Å². The average molecular weight is 327 g/mol. The Bertz CT molecular complexity index is 849. The smallest absolute Gasteiger partial charge is 0.324 e. The number of urea groups is 1. The van der Waals surface area contributed by atoms with Crippen LogP contribution < -0.4 is 15.0 Å². The molecule has 1 N–H and O–H groups in total. The number of fused-ring (bicyclic) bond motifs is 3. The van der Waals surface area contributed by atoms with Crippen molar-refractivity contribution in [2.45, 2.75) is 26.3 Å². The van der Waals surface area contributed by atoms with Crippen LogP contribution in [0.3, 0.4) is 0 Å². The normalized spacial score (nSPS) is 23.0. The molecule has 2 atom stereocenters. The second-order valence-electron chi connectivity index (χ2n) is 5.86. The van der Waals surface area contributed by atoms with Crippen molar-refractivity contribution in [1.29, 1.82) is 0 Å². The lowest BCUT2D eigenvalue weighted by atomic mass is 9.99. The van der Waals surface area contributed by atoms with E-state index < -0.39 is 0 Å². The summed E-state index contributed by atoms with van der Waals surface area (Å²) in [6, 6.07) is 3.75. The topological polar surface area (TPSA) is 54.5 Å². The maximum Gasteiger partial charge on any atom is 0.324 e. The molecule has 2 aromatic rings. The van der Waals surface area contributed by atoms with Gasteiger partial charge in [-0.05, 0) is 19.1 Å². The summed E-state index contributed by atoms with van der Waals surface area (Å²) in [6.45, 7) is 5.25. The minimum atomic E-state index is -0.140.